The molecule has 54 atom stereocenters. The van der Waals surface area contributed by atoms with E-state index in [0.29, 0.717) is 50.9 Å². The first-order chi connectivity index (χ1) is 59.7. The van der Waals surface area contributed by atoms with E-state index < -0.39 is 314 Å². The van der Waals surface area contributed by atoms with E-state index in [9.17, 15) is 76.6 Å². The Labute approximate surface area is 729 Å². The van der Waals surface area contributed by atoms with E-state index in [2.05, 4.69) is 0 Å². The molecule has 0 radical (unpaired) electrons. The van der Waals surface area contributed by atoms with Gasteiger partial charge in [0.15, 0.2) is 56.6 Å². The van der Waals surface area contributed by atoms with Crippen LogP contribution in [0.15, 0.2) is 0 Å². The first kappa shape index (κ1) is 104. The number of ether oxygens (including phenoxy) is 18. The molecule has 9 saturated heterocycles. The Morgan fingerprint density at radius 2 is 0.532 bits per heavy atom. The molecule has 0 aromatic rings. The molecule has 4 aliphatic carbocycles. The lowest BCUT2D eigenvalue weighted by Crippen LogP contribution is -2.65. The van der Waals surface area contributed by atoms with E-state index in [1.165, 1.54) is 0 Å². The van der Waals surface area contributed by atoms with Gasteiger partial charge in [0.25, 0.3) is 0 Å². The SMILES string of the molecule is CC[C@H](N)[C@@H]1CC[C@@H](N)[C@@H](O[C@H]2[C@H](O[C@@H]3O[C@H](CO)[C@@H](OC4O[C@@H](CN)[C@@H](O)[C@H](O)[C@H]4N)[C@H]3O)[C@@H](O)[C@H](N)C[C@@H]2N)O1.C[C@H](N)[C@@H]1CC[C@@H](N)[C@@H](O[C@H]2[C@H](O[C@@H]3O[C@H](CO)[C@@H](OC4O[C@@H](CN)[C@@H](O)[C@H](O)[C@H]4N)[C@H]3O)[C@@H](O)[C@H](N)C[C@@H]2N)O1.NC[C@@H]1O[C@H](O[C@H]2[C@@H](O)[C@H](O[C@@H]3[C@@H](O)[C@H](N)C[C@H](N)[C@H]3O[C@H]3O[C@H]([C@@H](N)C4CC4)CC[C@H]3N)O[C@@H]2CO)[C@H](N)[C@@H](O)[C@@H]1O. The van der Waals surface area contributed by atoms with Crippen molar-refractivity contribution in [1.82, 2.24) is 0 Å². The summed E-state index contributed by atoms with van der Waals surface area (Å²) in [6.07, 6.45) is -37.5. The van der Waals surface area contributed by atoms with Crippen LogP contribution in [0.5, 0.6) is 0 Å². The maximum atomic E-state index is 11.2. The van der Waals surface area contributed by atoms with Crippen LogP contribution in [0.3, 0.4) is 0 Å². The Kier molecular flexibility index (Phi) is 38.3. The van der Waals surface area contributed by atoms with Gasteiger partial charge in [-0.15, -0.1) is 0 Å². The normalized spacial score (nSPS) is 51.6. The second-order valence-corrected chi connectivity index (χ2v) is 35.9. The number of aliphatic hydroxyl groups excluding tert-OH is 15. The zero-order valence-electron chi connectivity index (χ0n) is 70.9. The molecular weight excluding hydrogens is 1680 g/mol. The molecule has 0 bridgehead atoms. The van der Waals surface area contributed by atoms with Gasteiger partial charge in [0.2, 0.25) is 0 Å². The molecule has 0 aromatic heterocycles. The predicted octanol–water partition coefficient (Wildman–Crippen LogP) is -18.6. The number of rotatable bonds is 29. The third-order valence-electron chi connectivity index (χ3n) is 26.6. The zero-order valence-corrected chi connectivity index (χ0v) is 70.9. The highest BCUT2D eigenvalue weighted by Crippen LogP contribution is 2.42. The van der Waals surface area contributed by atoms with Crippen molar-refractivity contribution < 1.29 is 162 Å². The smallest absolute Gasteiger partial charge is 0.187 e. The van der Waals surface area contributed by atoms with Crippen LogP contribution in [0.2, 0.25) is 0 Å². The molecule has 2 unspecified atom stereocenters. The van der Waals surface area contributed by atoms with Crippen LogP contribution >= 0.6 is 0 Å². The maximum Gasteiger partial charge on any atom is 0.187 e. The second-order valence-electron chi connectivity index (χ2n) is 35.9. The Morgan fingerprint density at radius 1 is 0.270 bits per heavy atom. The van der Waals surface area contributed by atoms with Gasteiger partial charge in [-0.25, -0.2) is 0 Å². The molecule has 9 aliphatic heterocycles. The van der Waals surface area contributed by atoms with Crippen LogP contribution in [-0.4, -0.2) is 446 Å². The summed E-state index contributed by atoms with van der Waals surface area (Å²) in [6.45, 7) is 1.60. The first-order valence-electron chi connectivity index (χ1n) is 43.9. The maximum absolute atomic E-state index is 11.2. The van der Waals surface area contributed by atoms with Crippen molar-refractivity contribution in [3.8, 4) is 0 Å². The Morgan fingerprint density at radius 3 is 0.810 bits per heavy atom. The minimum atomic E-state index is -1.53. The molecule has 51 nitrogen and oxygen atoms in total. The van der Waals surface area contributed by atoms with E-state index in [4.69, 9.17) is 188 Å². The molecule has 13 rings (SSSR count). The fraction of sp³-hybridized carbons (Fsp3) is 1.00. The van der Waals surface area contributed by atoms with E-state index in [1.54, 1.807) is 0 Å². The van der Waals surface area contributed by atoms with Crippen LogP contribution in [0.25, 0.3) is 0 Å². The fourth-order valence-corrected chi connectivity index (χ4v) is 18.4. The summed E-state index contributed by atoms with van der Waals surface area (Å²) in [4.78, 5) is 0. The van der Waals surface area contributed by atoms with Gasteiger partial charge >= 0.3 is 0 Å². The molecule has 0 spiro atoms. The minimum absolute atomic E-state index is 0.132. The lowest BCUT2D eigenvalue weighted by Gasteiger charge is -2.46. The van der Waals surface area contributed by atoms with Crippen LogP contribution in [0, 0.1) is 5.92 Å². The number of hydrogen-bond donors (Lipinski definition) is 33. The van der Waals surface area contributed by atoms with Crippen LogP contribution < -0.4 is 103 Å². The highest BCUT2D eigenvalue weighted by atomic mass is 16.8. The number of nitrogens with two attached hydrogens (primary N) is 18. The molecule has 126 heavy (non-hydrogen) atoms. The van der Waals surface area contributed by atoms with Crippen LogP contribution in [0.1, 0.15) is 90.9 Å². The van der Waals surface area contributed by atoms with Crippen LogP contribution in [-0.2, 0) is 85.3 Å². The molecule has 51 N–H and O–H groups in total. The summed E-state index contributed by atoms with van der Waals surface area (Å²) in [6, 6.07) is -10.1. The standard InChI is InChI=1S/C26H50N6O11.C25H50N6O11.C24H48N6O11/c27-6-13-18(35)19(36)16(32)25(39-13)42-22-14(7-33)40-26(20(22)37)43-23-17(34)10(29)5-11(30)21(23)41-24-9(28)3-4-12(38-24)15(31)8-1-2-8;1-2-8(27)12-4-3-9(28)23(37-12)40-20-11(30)5-10(29)16(33)22(20)42-25-19(36)21(14(7-32)39-25)41-24-15(31)18(35)17(34)13(6-26)38-24;1-7(26)11-3-2-8(27)22(36-11)39-19-10(29)4-9(28)15(32)21(19)41-24-18(35)20(13(6-31)38-24)40-23-14(30)17(34)16(33)12(5-25)37-23/h8-26,33-37H,1-7,27-32H2;8-25,32-36H,2-7,26-31H2,1H3;7-24,31-35H,2-6,25-30H2,1H3/t9-,10-,11+,12+,13+,14-,15+,16-,17+,18-,19-,20-,21-,22-,23-,24-,25-,26+;8-,9+,10+,11-,12-,13-,14+,15+,16-,17+,18+,19+,20+,21+,22+,23+,24?,25-;7-,8+,9+,10-,11-,12-,13+,14+,15-,16+,17+,18+,19+,20+,21+,22+,23?,24-/m100/s1. The van der Waals surface area contributed by atoms with Crippen molar-refractivity contribution in [3.05, 3.63) is 0 Å². The first-order valence-corrected chi connectivity index (χ1v) is 43.9. The van der Waals surface area contributed by atoms with E-state index >= 15 is 0 Å². The van der Waals surface area contributed by atoms with Crippen molar-refractivity contribution in [2.45, 2.75) is 421 Å². The molecule has 0 aromatic carbocycles. The molecule has 51 heteroatoms. The Bertz CT molecular complexity index is 3230. The molecule has 13 fully saturated rings. The third kappa shape index (κ3) is 23.8. The van der Waals surface area contributed by atoms with Gasteiger partial charge in [-0.1, -0.05) is 6.92 Å². The summed E-state index contributed by atoms with van der Waals surface area (Å²) < 4.78 is 107. The van der Waals surface area contributed by atoms with Crippen molar-refractivity contribution in [3.63, 3.8) is 0 Å². The van der Waals surface area contributed by atoms with Gasteiger partial charge in [0.1, 0.15) is 146 Å². The van der Waals surface area contributed by atoms with Crippen molar-refractivity contribution in [1.29, 1.82) is 0 Å². The lowest BCUT2D eigenvalue weighted by atomic mass is 9.84. The number of hydrogen-bond acceptors (Lipinski definition) is 51. The quantitative estimate of drug-likeness (QED) is 0.0331. The highest BCUT2D eigenvalue weighted by molar-refractivity contribution is 5.07. The van der Waals surface area contributed by atoms with Gasteiger partial charge in [-0.3, -0.25) is 0 Å². The largest absolute Gasteiger partial charge is 0.394 e. The molecular formula is C75H148N18O33. The molecule has 736 valence electrons. The summed E-state index contributed by atoms with van der Waals surface area (Å²) in [7, 11) is 0. The van der Waals surface area contributed by atoms with Gasteiger partial charge in [-0.2, -0.15) is 0 Å². The van der Waals surface area contributed by atoms with Gasteiger partial charge < -0.3 is 265 Å². The topological polar surface area (TPSA) is 938 Å². The van der Waals surface area contributed by atoms with E-state index in [1.807, 2.05) is 13.8 Å². The van der Waals surface area contributed by atoms with Crippen molar-refractivity contribution in [2.75, 3.05) is 39.5 Å². The minimum Gasteiger partial charge on any atom is -0.394 e. The average molecular weight is 1830 g/mol. The zero-order chi connectivity index (χ0) is 92.2. The summed E-state index contributed by atoms with van der Waals surface area (Å²) in [5.74, 6) is 0.409. The van der Waals surface area contributed by atoms with E-state index in [-0.39, 0.29) is 75.3 Å². The monoisotopic (exact) mass is 1830 g/mol. The van der Waals surface area contributed by atoms with Gasteiger partial charge in [0, 0.05) is 74.0 Å². The van der Waals surface area contributed by atoms with Gasteiger partial charge in [-0.05, 0) is 89.9 Å². The van der Waals surface area contributed by atoms with Crippen molar-refractivity contribution in [2.24, 2.45) is 109 Å². The summed E-state index contributed by atoms with van der Waals surface area (Å²) in [5.41, 5.74) is 110. The molecule has 0 amide bonds. The van der Waals surface area contributed by atoms with E-state index in [0.717, 1.165) is 12.8 Å². The van der Waals surface area contributed by atoms with Crippen LogP contribution in [0.4, 0.5) is 0 Å². The molecule has 4 saturated carbocycles. The number of aliphatic hydroxyl groups is 15. The van der Waals surface area contributed by atoms with Gasteiger partial charge in [0.05, 0.1) is 92.7 Å². The summed E-state index contributed by atoms with van der Waals surface area (Å²) >= 11 is 0. The van der Waals surface area contributed by atoms with Crippen molar-refractivity contribution >= 4 is 0 Å². The third-order valence-corrected chi connectivity index (χ3v) is 26.6. The predicted molar refractivity (Wildman–Crippen MR) is 432 cm³/mol. The Balaban J connectivity index is 0.000000184. The Hall–Kier alpha value is -2.04. The molecule has 13 aliphatic rings. The highest BCUT2D eigenvalue weighted by Gasteiger charge is 2.60. The molecule has 9 heterocycles. The lowest BCUT2D eigenvalue weighted by molar-refractivity contribution is -0.290. The average Bonchev–Trinajstić information content (AvgIpc) is 1.55. The fourth-order valence-electron chi connectivity index (χ4n) is 18.4. The summed E-state index contributed by atoms with van der Waals surface area (Å²) in [5, 5.41) is 158. The second kappa shape index (κ2) is 46.2.